The molecule has 1 atom stereocenters. The molecule has 6 heteroatoms. The molecule has 0 saturated carbocycles. The standard InChI is InChI=1S/C18H16ClN3O2/c1-12(13-6-5-7-14(19)10-13)21(2)17(23)15-11-20-16-8-3-4-9-22(16)18(15)24/h3-12H,1-2H3. The van der Waals surface area contributed by atoms with Crippen LogP contribution in [0.3, 0.4) is 0 Å². The molecule has 1 aromatic carbocycles. The van der Waals surface area contributed by atoms with E-state index in [1.165, 1.54) is 15.5 Å². The van der Waals surface area contributed by atoms with Crippen molar-refractivity contribution in [2.45, 2.75) is 13.0 Å². The zero-order valence-corrected chi connectivity index (χ0v) is 14.1. The Morgan fingerprint density at radius 3 is 2.79 bits per heavy atom. The van der Waals surface area contributed by atoms with Gasteiger partial charge in [0.2, 0.25) is 0 Å². The van der Waals surface area contributed by atoms with Gasteiger partial charge in [0.1, 0.15) is 11.2 Å². The zero-order chi connectivity index (χ0) is 17.3. The Kier molecular flexibility index (Phi) is 4.36. The Bertz CT molecular complexity index is 968. The first-order valence-electron chi connectivity index (χ1n) is 7.48. The Morgan fingerprint density at radius 1 is 1.25 bits per heavy atom. The molecular weight excluding hydrogens is 326 g/mol. The molecule has 3 rings (SSSR count). The fraction of sp³-hybridized carbons (Fsp3) is 0.167. The molecule has 1 unspecified atom stereocenters. The topological polar surface area (TPSA) is 54.7 Å². The van der Waals surface area contributed by atoms with Crippen LogP contribution in [0.15, 0.2) is 59.7 Å². The smallest absolute Gasteiger partial charge is 0.270 e. The van der Waals surface area contributed by atoms with Crippen molar-refractivity contribution in [2.24, 2.45) is 0 Å². The summed E-state index contributed by atoms with van der Waals surface area (Å²) in [5, 5.41) is 0.604. The van der Waals surface area contributed by atoms with Gasteiger partial charge in [0.25, 0.3) is 11.5 Å². The van der Waals surface area contributed by atoms with Crippen LogP contribution in [0.2, 0.25) is 5.02 Å². The highest BCUT2D eigenvalue weighted by molar-refractivity contribution is 6.30. The average molecular weight is 342 g/mol. The van der Waals surface area contributed by atoms with Crippen LogP contribution in [0.1, 0.15) is 28.9 Å². The van der Waals surface area contributed by atoms with Crippen LogP contribution in [0.25, 0.3) is 5.65 Å². The minimum Gasteiger partial charge on any atom is -0.335 e. The zero-order valence-electron chi connectivity index (χ0n) is 13.3. The van der Waals surface area contributed by atoms with Crippen LogP contribution in [0.5, 0.6) is 0 Å². The highest BCUT2D eigenvalue weighted by Gasteiger charge is 2.22. The number of carbonyl (C=O) groups is 1. The summed E-state index contributed by atoms with van der Waals surface area (Å²) in [6.45, 7) is 1.88. The normalized spacial score (nSPS) is 12.1. The molecular formula is C18H16ClN3O2. The van der Waals surface area contributed by atoms with Crippen molar-refractivity contribution in [1.29, 1.82) is 0 Å². The second kappa shape index (κ2) is 6.45. The third-order valence-electron chi connectivity index (χ3n) is 4.08. The van der Waals surface area contributed by atoms with E-state index in [0.29, 0.717) is 10.7 Å². The molecule has 2 heterocycles. The van der Waals surface area contributed by atoms with E-state index in [2.05, 4.69) is 4.98 Å². The van der Waals surface area contributed by atoms with Gasteiger partial charge in [-0.3, -0.25) is 14.0 Å². The monoisotopic (exact) mass is 341 g/mol. The number of benzene rings is 1. The third-order valence-corrected chi connectivity index (χ3v) is 4.31. The van der Waals surface area contributed by atoms with Gasteiger partial charge in [0.15, 0.2) is 0 Å². The number of nitrogens with zero attached hydrogens (tertiary/aromatic N) is 3. The van der Waals surface area contributed by atoms with Gasteiger partial charge >= 0.3 is 0 Å². The maximum Gasteiger partial charge on any atom is 0.270 e. The molecule has 0 saturated heterocycles. The van der Waals surface area contributed by atoms with E-state index in [0.717, 1.165) is 5.56 Å². The predicted octanol–water partition coefficient (Wildman–Crippen LogP) is 3.18. The van der Waals surface area contributed by atoms with Crippen LogP contribution in [0, 0.1) is 0 Å². The molecule has 1 amide bonds. The minimum atomic E-state index is -0.379. The highest BCUT2D eigenvalue weighted by Crippen LogP contribution is 2.22. The van der Waals surface area contributed by atoms with Crippen molar-refractivity contribution in [3.8, 4) is 0 Å². The van der Waals surface area contributed by atoms with E-state index in [-0.39, 0.29) is 23.1 Å². The number of hydrogen-bond acceptors (Lipinski definition) is 3. The highest BCUT2D eigenvalue weighted by atomic mass is 35.5. The van der Waals surface area contributed by atoms with E-state index in [1.807, 2.05) is 25.1 Å². The number of halogens is 1. The number of amides is 1. The summed E-state index contributed by atoms with van der Waals surface area (Å²) in [6.07, 6.45) is 2.93. The van der Waals surface area contributed by atoms with Gasteiger partial charge in [-0.2, -0.15) is 0 Å². The minimum absolute atomic E-state index is 0.0371. The maximum absolute atomic E-state index is 12.7. The molecule has 0 aliphatic heterocycles. The SMILES string of the molecule is CC(c1cccc(Cl)c1)N(C)C(=O)c1cnc2ccccn2c1=O. The van der Waals surface area contributed by atoms with E-state index < -0.39 is 0 Å². The van der Waals surface area contributed by atoms with Crippen LogP contribution in [-0.2, 0) is 0 Å². The maximum atomic E-state index is 12.7. The van der Waals surface area contributed by atoms with Gasteiger partial charge in [-0.15, -0.1) is 0 Å². The van der Waals surface area contributed by atoms with Gasteiger partial charge in [-0.25, -0.2) is 4.98 Å². The molecule has 0 N–H and O–H groups in total. The lowest BCUT2D eigenvalue weighted by Crippen LogP contribution is -2.35. The van der Waals surface area contributed by atoms with E-state index in [9.17, 15) is 9.59 Å². The Hall–Kier alpha value is -2.66. The summed E-state index contributed by atoms with van der Waals surface area (Å²) in [7, 11) is 1.66. The van der Waals surface area contributed by atoms with Gasteiger partial charge in [0, 0.05) is 24.5 Å². The summed E-state index contributed by atoms with van der Waals surface area (Å²) in [5.74, 6) is -0.377. The van der Waals surface area contributed by atoms with Crippen molar-refractivity contribution in [1.82, 2.24) is 14.3 Å². The lowest BCUT2D eigenvalue weighted by Gasteiger charge is -2.25. The van der Waals surface area contributed by atoms with Crippen molar-refractivity contribution in [2.75, 3.05) is 7.05 Å². The molecule has 122 valence electrons. The largest absolute Gasteiger partial charge is 0.335 e. The second-order valence-electron chi connectivity index (χ2n) is 5.55. The molecule has 0 fully saturated rings. The molecule has 3 aromatic rings. The number of hydrogen-bond donors (Lipinski definition) is 0. The molecule has 0 aliphatic carbocycles. The summed E-state index contributed by atoms with van der Waals surface area (Å²) < 4.78 is 1.37. The first kappa shape index (κ1) is 16.2. The molecule has 0 radical (unpaired) electrons. The Balaban J connectivity index is 1.96. The second-order valence-corrected chi connectivity index (χ2v) is 5.99. The first-order valence-corrected chi connectivity index (χ1v) is 7.86. The quantitative estimate of drug-likeness (QED) is 0.735. The number of pyridine rings is 1. The summed E-state index contributed by atoms with van der Waals surface area (Å²) in [6, 6.07) is 12.3. The lowest BCUT2D eigenvalue weighted by atomic mass is 10.1. The van der Waals surface area contributed by atoms with Gasteiger partial charge in [0.05, 0.1) is 6.04 Å². The van der Waals surface area contributed by atoms with Gasteiger partial charge < -0.3 is 4.90 Å². The van der Waals surface area contributed by atoms with Crippen LogP contribution in [0.4, 0.5) is 0 Å². The molecule has 24 heavy (non-hydrogen) atoms. The van der Waals surface area contributed by atoms with Crippen molar-refractivity contribution < 1.29 is 4.79 Å². The summed E-state index contributed by atoms with van der Waals surface area (Å²) in [5.41, 5.74) is 1.06. The van der Waals surface area contributed by atoms with E-state index in [4.69, 9.17) is 11.6 Å². The molecule has 0 bridgehead atoms. The van der Waals surface area contributed by atoms with Crippen LogP contribution in [-0.4, -0.2) is 27.2 Å². The van der Waals surface area contributed by atoms with Gasteiger partial charge in [-0.05, 0) is 36.8 Å². The number of fused-ring (bicyclic) bond motifs is 1. The van der Waals surface area contributed by atoms with Crippen molar-refractivity contribution in [3.63, 3.8) is 0 Å². The average Bonchev–Trinajstić information content (AvgIpc) is 2.60. The fourth-order valence-corrected chi connectivity index (χ4v) is 2.73. The summed E-state index contributed by atoms with van der Waals surface area (Å²) >= 11 is 6.01. The molecule has 5 nitrogen and oxygen atoms in total. The molecule has 0 aliphatic rings. The van der Waals surface area contributed by atoms with Gasteiger partial charge in [-0.1, -0.05) is 29.8 Å². The lowest BCUT2D eigenvalue weighted by molar-refractivity contribution is 0.0740. The molecule has 0 spiro atoms. The molecule has 2 aromatic heterocycles. The van der Waals surface area contributed by atoms with E-state index >= 15 is 0 Å². The Labute approximate surface area is 144 Å². The van der Waals surface area contributed by atoms with Crippen molar-refractivity contribution in [3.05, 3.63) is 81.4 Å². The predicted molar refractivity (Wildman–Crippen MR) is 93.4 cm³/mol. The fourth-order valence-electron chi connectivity index (χ4n) is 2.53. The van der Waals surface area contributed by atoms with E-state index in [1.54, 1.807) is 37.5 Å². The van der Waals surface area contributed by atoms with Crippen LogP contribution >= 0.6 is 11.6 Å². The summed E-state index contributed by atoms with van der Waals surface area (Å²) in [4.78, 5) is 31.0. The number of aromatic nitrogens is 2. The number of carbonyl (C=O) groups excluding carboxylic acids is 1. The first-order chi connectivity index (χ1) is 11.5. The van der Waals surface area contributed by atoms with Crippen LogP contribution < -0.4 is 5.56 Å². The van der Waals surface area contributed by atoms with Crippen molar-refractivity contribution >= 4 is 23.2 Å². The third kappa shape index (κ3) is 2.90. The Morgan fingerprint density at radius 2 is 2.04 bits per heavy atom. The number of rotatable bonds is 3.